The van der Waals surface area contributed by atoms with E-state index < -0.39 is 0 Å². The van der Waals surface area contributed by atoms with E-state index >= 15 is 0 Å². The predicted octanol–water partition coefficient (Wildman–Crippen LogP) is 3.79. The SMILES string of the molecule is CCn1c(-c2nc3cc(C(=O)N4CCC[C@@H](N)C4)ccc3n2C)cc2ccc(OC)cc21. The van der Waals surface area contributed by atoms with Crippen molar-refractivity contribution in [3.8, 4) is 17.3 Å². The van der Waals surface area contributed by atoms with E-state index in [1.54, 1.807) is 7.11 Å². The topological polar surface area (TPSA) is 78.3 Å². The Balaban J connectivity index is 1.57. The van der Waals surface area contributed by atoms with E-state index in [9.17, 15) is 4.79 Å². The third-order valence-corrected chi connectivity index (χ3v) is 6.53. The van der Waals surface area contributed by atoms with Crippen LogP contribution in [0, 0.1) is 0 Å². The molecule has 4 aromatic rings. The first kappa shape index (κ1) is 20.6. The van der Waals surface area contributed by atoms with Gasteiger partial charge in [0.2, 0.25) is 0 Å². The molecule has 32 heavy (non-hydrogen) atoms. The normalized spacial score (nSPS) is 16.8. The fourth-order valence-electron chi connectivity index (χ4n) is 4.83. The summed E-state index contributed by atoms with van der Waals surface area (Å²) < 4.78 is 9.77. The van der Waals surface area contributed by atoms with Crippen molar-refractivity contribution in [3.05, 3.63) is 48.0 Å². The predicted molar refractivity (Wildman–Crippen MR) is 127 cm³/mol. The molecule has 7 heteroatoms. The highest BCUT2D eigenvalue weighted by molar-refractivity contribution is 5.98. The van der Waals surface area contributed by atoms with Crippen molar-refractivity contribution in [2.75, 3.05) is 20.2 Å². The Morgan fingerprint density at radius 3 is 2.78 bits per heavy atom. The van der Waals surface area contributed by atoms with Crippen LogP contribution in [0.2, 0.25) is 0 Å². The zero-order valence-electron chi connectivity index (χ0n) is 18.8. The van der Waals surface area contributed by atoms with Crippen molar-refractivity contribution in [2.45, 2.75) is 32.4 Å². The van der Waals surface area contributed by atoms with Crippen LogP contribution in [0.1, 0.15) is 30.1 Å². The highest BCUT2D eigenvalue weighted by Gasteiger charge is 2.23. The van der Waals surface area contributed by atoms with Crippen LogP contribution in [-0.2, 0) is 13.6 Å². The van der Waals surface area contributed by atoms with Crippen LogP contribution < -0.4 is 10.5 Å². The molecule has 1 saturated heterocycles. The molecule has 5 rings (SSSR count). The fourth-order valence-corrected chi connectivity index (χ4v) is 4.83. The number of piperidine rings is 1. The quantitative estimate of drug-likeness (QED) is 0.533. The number of carbonyl (C=O) groups is 1. The maximum atomic E-state index is 13.0. The number of ether oxygens (including phenoxy) is 1. The van der Waals surface area contributed by atoms with Crippen molar-refractivity contribution >= 4 is 27.8 Å². The number of aryl methyl sites for hydroxylation is 2. The molecule has 0 saturated carbocycles. The minimum atomic E-state index is 0.0315. The number of methoxy groups -OCH3 is 1. The number of fused-ring (bicyclic) bond motifs is 2. The van der Waals surface area contributed by atoms with Gasteiger partial charge in [-0.15, -0.1) is 0 Å². The maximum absolute atomic E-state index is 13.0. The fraction of sp³-hybridized carbons (Fsp3) is 0.360. The van der Waals surface area contributed by atoms with Crippen LogP contribution in [-0.4, -0.2) is 51.2 Å². The smallest absolute Gasteiger partial charge is 0.253 e. The van der Waals surface area contributed by atoms with E-state index in [1.807, 2.05) is 36.2 Å². The molecule has 3 heterocycles. The standard InChI is InChI=1S/C25H29N5O2/c1-4-30-22-14-19(32-3)9-7-16(22)13-23(30)24-27-20-12-17(8-10-21(20)28(24)2)25(31)29-11-5-6-18(26)15-29/h7-10,12-14,18H,4-6,11,15,26H2,1-3H3/t18-/m1/s1. The van der Waals surface area contributed by atoms with Crippen LogP contribution in [0.4, 0.5) is 0 Å². The second kappa shape index (κ2) is 7.98. The minimum Gasteiger partial charge on any atom is -0.497 e. The molecular formula is C25H29N5O2. The minimum absolute atomic E-state index is 0.0315. The van der Waals surface area contributed by atoms with Crippen molar-refractivity contribution in [1.29, 1.82) is 0 Å². The number of hydrogen-bond acceptors (Lipinski definition) is 4. The van der Waals surface area contributed by atoms with Gasteiger partial charge in [-0.2, -0.15) is 0 Å². The van der Waals surface area contributed by atoms with E-state index in [0.717, 1.165) is 65.1 Å². The molecule has 0 spiro atoms. The van der Waals surface area contributed by atoms with Crippen molar-refractivity contribution in [1.82, 2.24) is 19.0 Å². The van der Waals surface area contributed by atoms with Gasteiger partial charge in [0.1, 0.15) is 5.75 Å². The molecule has 2 aromatic heterocycles. The van der Waals surface area contributed by atoms with Crippen LogP contribution in [0.5, 0.6) is 5.75 Å². The maximum Gasteiger partial charge on any atom is 0.253 e. The Labute approximate surface area is 187 Å². The second-order valence-electron chi connectivity index (χ2n) is 8.55. The van der Waals surface area contributed by atoms with Gasteiger partial charge in [0.15, 0.2) is 5.82 Å². The second-order valence-corrected chi connectivity index (χ2v) is 8.55. The number of amides is 1. The first-order chi connectivity index (χ1) is 15.5. The third kappa shape index (κ3) is 3.33. The molecule has 166 valence electrons. The zero-order valence-corrected chi connectivity index (χ0v) is 18.8. The van der Waals surface area contributed by atoms with Gasteiger partial charge in [-0.25, -0.2) is 4.98 Å². The molecule has 0 aliphatic carbocycles. The lowest BCUT2D eigenvalue weighted by Gasteiger charge is -2.30. The average Bonchev–Trinajstić information content (AvgIpc) is 3.34. The lowest BCUT2D eigenvalue weighted by Crippen LogP contribution is -2.45. The number of aromatic nitrogens is 3. The van der Waals surface area contributed by atoms with Crippen LogP contribution >= 0.6 is 0 Å². The molecule has 0 radical (unpaired) electrons. The summed E-state index contributed by atoms with van der Waals surface area (Å²) in [5, 5.41) is 1.15. The number of nitrogens with zero attached hydrogens (tertiary/aromatic N) is 4. The first-order valence-electron chi connectivity index (χ1n) is 11.2. The van der Waals surface area contributed by atoms with Gasteiger partial charge >= 0.3 is 0 Å². The van der Waals surface area contributed by atoms with Crippen molar-refractivity contribution in [2.24, 2.45) is 12.8 Å². The molecule has 1 atom stereocenters. The number of imidazole rings is 1. The molecule has 1 amide bonds. The van der Waals surface area contributed by atoms with Gasteiger partial charge < -0.3 is 24.5 Å². The van der Waals surface area contributed by atoms with Crippen molar-refractivity contribution < 1.29 is 9.53 Å². The van der Waals surface area contributed by atoms with Gasteiger partial charge in [0.05, 0.1) is 29.4 Å². The lowest BCUT2D eigenvalue weighted by molar-refractivity contribution is 0.0709. The first-order valence-corrected chi connectivity index (χ1v) is 11.2. The third-order valence-electron chi connectivity index (χ3n) is 6.53. The summed E-state index contributed by atoms with van der Waals surface area (Å²) in [4.78, 5) is 19.9. The summed E-state index contributed by atoms with van der Waals surface area (Å²) in [6.07, 6.45) is 1.93. The number of hydrogen-bond donors (Lipinski definition) is 1. The van der Waals surface area contributed by atoms with E-state index in [2.05, 4.69) is 34.3 Å². The Bertz CT molecular complexity index is 1320. The Morgan fingerprint density at radius 1 is 1.19 bits per heavy atom. The number of rotatable bonds is 4. The summed E-state index contributed by atoms with van der Waals surface area (Å²) in [6.45, 7) is 4.32. The number of carbonyl (C=O) groups excluding carboxylic acids is 1. The number of benzene rings is 2. The molecule has 0 unspecified atom stereocenters. The zero-order chi connectivity index (χ0) is 22.4. The van der Waals surface area contributed by atoms with E-state index in [-0.39, 0.29) is 11.9 Å². The highest BCUT2D eigenvalue weighted by Crippen LogP contribution is 2.32. The van der Waals surface area contributed by atoms with Gasteiger partial charge in [-0.05, 0) is 56.2 Å². The van der Waals surface area contributed by atoms with Gasteiger partial charge in [0.25, 0.3) is 5.91 Å². The van der Waals surface area contributed by atoms with Crippen LogP contribution in [0.3, 0.4) is 0 Å². The van der Waals surface area contributed by atoms with Gasteiger partial charge in [-0.3, -0.25) is 4.79 Å². The average molecular weight is 432 g/mol. The van der Waals surface area contributed by atoms with Crippen LogP contribution in [0.15, 0.2) is 42.5 Å². The Morgan fingerprint density at radius 2 is 2.03 bits per heavy atom. The molecular weight excluding hydrogens is 402 g/mol. The molecule has 1 aliphatic heterocycles. The summed E-state index contributed by atoms with van der Waals surface area (Å²) >= 11 is 0. The summed E-state index contributed by atoms with van der Waals surface area (Å²) in [5.41, 5.74) is 10.7. The van der Waals surface area contributed by atoms with Crippen LogP contribution in [0.25, 0.3) is 33.5 Å². The molecule has 2 N–H and O–H groups in total. The molecule has 7 nitrogen and oxygen atoms in total. The molecule has 0 bridgehead atoms. The highest BCUT2D eigenvalue weighted by atomic mass is 16.5. The lowest BCUT2D eigenvalue weighted by atomic mass is 10.1. The molecule has 2 aromatic carbocycles. The van der Waals surface area contributed by atoms with E-state index in [1.165, 1.54) is 0 Å². The summed E-state index contributed by atoms with van der Waals surface area (Å²) in [5.74, 6) is 1.74. The Kier molecular flexibility index (Phi) is 5.13. The summed E-state index contributed by atoms with van der Waals surface area (Å²) in [7, 11) is 3.71. The molecule has 1 fully saturated rings. The molecule has 1 aliphatic rings. The van der Waals surface area contributed by atoms with Gasteiger partial charge in [-0.1, -0.05) is 0 Å². The van der Waals surface area contributed by atoms with E-state index in [0.29, 0.717) is 12.1 Å². The largest absolute Gasteiger partial charge is 0.497 e. The monoisotopic (exact) mass is 431 g/mol. The van der Waals surface area contributed by atoms with Crippen molar-refractivity contribution in [3.63, 3.8) is 0 Å². The van der Waals surface area contributed by atoms with E-state index in [4.69, 9.17) is 15.5 Å². The number of likely N-dealkylation sites (tertiary alicyclic amines) is 1. The number of nitrogens with two attached hydrogens (primary N) is 1. The van der Waals surface area contributed by atoms with Gasteiger partial charge in [0, 0.05) is 49.7 Å². The summed E-state index contributed by atoms with van der Waals surface area (Å²) in [6, 6.07) is 14.1. The Hall–Kier alpha value is -3.32.